The number of aliphatic carboxylic acids is 1. The summed E-state index contributed by atoms with van der Waals surface area (Å²) in [5.41, 5.74) is 0.681. The predicted molar refractivity (Wildman–Crippen MR) is 72.1 cm³/mol. The van der Waals surface area contributed by atoms with Gasteiger partial charge in [0, 0.05) is 12.2 Å². The van der Waals surface area contributed by atoms with Crippen molar-refractivity contribution in [2.45, 2.75) is 31.7 Å². The highest BCUT2D eigenvalue weighted by Gasteiger charge is 2.30. The maximum Gasteiger partial charge on any atom is 0.326 e. The fraction of sp³-hybridized carbons (Fsp3) is 0.429. The number of hydrogen-bond acceptors (Lipinski definition) is 2. The normalized spacial score (nSPS) is 19.6. The van der Waals surface area contributed by atoms with Gasteiger partial charge in [-0.1, -0.05) is 31.0 Å². The van der Waals surface area contributed by atoms with E-state index in [1.165, 1.54) is 4.90 Å². The van der Waals surface area contributed by atoms with Crippen LogP contribution in [0, 0.1) is 0 Å². The van der Waals surface area contributed by atoms with Crippen molar-refractivity contribution < 1.29 is 14.7 Å². The lowest BCUT2D eigenvalue weighted by Crippen LogP contribution is -2.46. The largest absolute Gasteiger partial charge is 0.480 e. The van der Waals surface area contributed by atoms with Gasteiger partial charge in [-0.2, -0.15) is 0 Å². The van der Waals surface area contributed by atoms with E-state index in [4.69, 9.17) is 0 Å². The van der Waals surface area contributed by atoms with Crippen molar-refractivity contribution in [3.8, 4) is 0 Å². The van der Waals surface area contributed by atoms with Crippen molar-refractivity contribution in [1.29, 1.82) is 0 Å². The molecule has 2 amide bonds. The maximum atomic E-state index is 12.2. The molecule has 0 spiro atoms. The number of carboxylic acids is 1. The van der Waals surface area contributed by atoms with Crippen LogP contribution in [0.4, 0.5) is 10.5 Å². The second kappa shape index (κ2) is 6.22. The van der Waals surface area contributed by atoms with E-state index in [2.05, 4.69) is 5.32 Å². The summed E-state index contributed by atoms with van der Waals surface area (Å²) < 4.78 is 0. The first-order valence-electron chi connectivity index (χ1n) is 6.54. The molecule has 1 fully saturated rings. The molecule has 0 aromatic heterocycles. The van der Waals surface area contributed by atoms with Crippen LogP contribution in [0.5, 0.6) is 0 Å². The third-order valence-corrected chi connectivity index (χ3v) is 3.32. The number of hydrogen-bond donors (Lipinski definition) is 2. The van der Waals surface area contributed by atoms with Gasteiger partial charge in [-0.25, -0.2) is 9.59 Å². The number of anilines is 1. The van der Waals surface area contributed by atoms with E-state index in [-0.39, 0.29) is 6.03 Å². The zero-order valence-corrected chi connectivity index (χ0v) is 10.7. The van der Waals surface area contributed by atoms with E-state index in [0.717, 1.165) is 19.3 Å². The first-order chi connectivity index (χ1) is 9.18. The molecule has 0 radical (unpaired) electrons. The topological polar surface area (TPSA) is 69.6 Å². The zero-order chi connectivity index (χ0) is 13.7. The Labute approximate surface area is 112 Å². The number of nitrogens with zero attached hydrogens (tertiary/aromatic N) is 1. The van der Waals surface area contributed by atoms with Gasteiger partial charge in [0.25, 0.3) is 0 Å². The molecule has 0 saturated carbocycles. The Kier molecular flexibility index (Phi) is 4.39. The van der Waals surface area contributed by atoms with Gasteiger partial charge in [0.15, 0.2) is 0 Å². The number of nitrogens with one attached hydrogen (secondary N) is 1. The molecule has 5 nitrogen and oxygen atoms in total. The Hall–Kier alpha value is -2.04. The van der Waals surface area contributed by atoms with Gasteiger partial charge in [0.1, 0.15) is 6.04 Å². The first kappa shape index (κ1) is 13.4. The Morgan fingerprint density at radius 3 is 2.58 bits per heavy atom. The van der Waals surface area contributed by atoms with Gasteiger partial charge < -0.3 is 15.3 Å². The van der Waals surface area contributed by atoms with Crippen molar-refractivity contribution in [2.24, 2.45) is 0 Å². The standard InChI is InChI=1S/C14H18N2O3/c17-13(18)12-9-5-2-6-10-16(12)14(19)15-11-7-3-1-4-8-11/h1,3-4,7-8,12H,2,5-6,9-10H2,(H,15,19)(H,17,18). The molecule has 1 aliphatic rings. The monoisotopic (exact) mass is 262 g/mol. The second-order valence-electron chi connectivity index (χ2n) is 4.69. The van der Waals surface area contributed by atoms with Crippen molar-refractivity contribution in [3.05, 3.63) is 30.3 Å². The van der Waals surface area contributed by atoms with Gasteiger partial charge in [-0.3, -0.25) is 0 Å². The van der Waals surface area contributed by atoms with Crippen molar-refractivity contribution in [2.75, 3.05) is 11.9 Å². The fourth-order valence-electron chi connectivity index (χ4n) is 2.32. The van der Waals surface area contributed by atoms with Gasteiger partial charge >= 0.3 is 12.0 Å². The number of carboxylic acid groups (broad SMARTS) is 1. The maximum absolute atomic E-state index is 12.2. The highest BCUT2D eigenvalue weighted by atomic mass is 16.4. The summed E-state index contributed by atoms with van der Waals surface area (Å²) in [6.07, 6.45) is 3.20. The Morgan fingerprint density at radius 1 is 1.16 bits per heavy atom. The first-order valence-corrected chi connectivity index (χ1v) is 6.54. The average Bonchev–Trinajstić information content (AvgIpc) is 2.65. The highest BCUT2D eigenvalue weighted by molar-refractivity contribution is 5.92. The van der Waals surface area contributed by atoms with Gasteiger partial charge in [0.05, 0.1) is 0 Å². The summed E-state index contributed by atoms with van der Waals surface area (Å²) in [6.45, 7) is 0.496. The minimum atomic E-state index is -0.926. The quantitative estimate of drug-likeness (QED) is 0.860. The number of urea groups is 1. The lowest BCUT2D eigenvalue weighted by molar-refractivity contribution is -0.142. The summed E-state index contributed by atoms with van der Waals surface area (Å²) in [5.74, 6) is -0.926. The molecule has 1 aliphatic heterocycles. The zero-order valence-electron chi connectivity index (χ0n) is 10.7. The molecule has 2 N–H and O–H groups in total. The molecule has 2 rings (SSSR count). The number of para-hydroxylation sites is 1. The molecule has 1 heterocycles. The fourth-order valence-corrected chi connectivity index (χ4v) is 2.32. The van der Waals surface area contributed by atoms with E-state index in [1.807, 2.05) is 18.2 Å². The predicted octanol–water partition coefficient (Wildman–Crippen LogP) is 2.55. The summed E-state index contributed by atoms with van der Waals surface area (Å²) in [7, 11) is 0. The molecular weight excluding hydrogens is 244 g/mol. The summed E-state index contributed by atoms with van der Waals surface area (Å²) in [4.78, 5) is 24.9. The Balaban J connectivity index is 2.08. The number of carbonyl (C=O) groups excluding carboxylic acids is 1. The molecular formula is C14H18N2O3. The van der Waals surface area contributed by atoms with Crippen LogP contribution < -0.4 is 5.32 Å². The van der Waals surface area contributed by atoms with E-state index < -0.39 is 12.0 Å². The van der Waals surface area contributed by atoms with Crippen LogP contribution >= 0.6 is 0 Å². The van der Waals surface area contributed by atoms with E-state index in [0.29, 0.717) is 18.7 Å². The van der Waals surface area contributed by atoms with Crippen LogP contribution in [-0.2, 0) is 4.79 Å². The smallest absolute Gasteiger partial charge is 0.326 e. The van der Waals surface area contributed by atoms with Crippen molar-refractivity contribution in [1.82, 2.24) is 4.90 Å². The van der Waals surface area contributed by atoms with Crippen LogP contribution in [0.1, 0.15) is 25.7 Å². The van der Waals surface area contributed by atoms with Crippen LogP contribution in [-0.4, -0.2) is 34.6 Å². The van der Waals surface area contributed by atoms with Crippen LogP contribution in [0.15, 0.2) is 30.3 Å². The molecule has 0 aliphatic carbocycles. The Morgan fingerprint density at radius 2 is 1.89 bits per heavy atom. The van der Waals surface area contributed by atoms with Crippen molar-refractivity contribution >= 4 is 17.7 Å². The SMILES string of the molecule is O=C(O)C1CCCCCN1C(=O)Nc1ccccc1. The number of benzene rings is 1. The highest BCUT2D eigenvalue weighted by Crippen LogP contribution is 2.18. The van der Waals surface area contributed by atoms with Crippen LogP contribution in [0.3, 0.4) is 0 Å². The molecule has 0 bridgehead atoms. The number of rotatable bonds is 2. The van der Waals surface area contributed by atoms with Crippen LogP contribution in [0.2, 0.25) is 0 Å². The summed E-state index contributed by atoms with van der Waals surface area (Å²) in [5, 5.41) is 12.0. The molecule has 19 heavy (non-hydrogen) atoms. The molecule has 1 aromatic rings. The minimum Gasteiger partial charge on any atom is -0.480 e. The number of amides is 2. The molecule has 1 aromatic carbocycles. The molecule has 102 valence electrons. The van der Waals surface area contributed by atoms with Gasteiger partial charge in [0.2, 0.25) is 0 Å². The minimum absolute atomic E-state index is 0.333. The van der Waals surface area contributed by atoms with Gasteiger partial charge in [-0.15, -0.1) is 0 Å². The van der Waals surface area contributed by atoms with E-state index >= 15 is 0 Å². The lowest BCUT2D eigenvalue weighted by Gasteiger charge is -2.27. The third kappa shape index (κ3) is 3.47. The lowest BCUT2D eigenvalue weighted by atomic mass is 10.1. The molecule has 5 heteroatoms. The van der Waals surface area contributed by atoms with Crippen LogP contribution in [0.25, 0.3) is 0 Å². The van der Waals surface area contributed by atoms with E-state index in [9.17, 15) is 14.7 Å². The average molecular weight is 262 g/mol. The number of likely N-dealkylation sites (tertiary alicyclic amines) is 1. The molecule has 1 saturated heterocycles. The summed E-state index contributed by atoms with van der Waals surface area (Å²) >= 11 is 0. The second-order valence-corrected chi connectivity index (χ2v) is 4.69. The number of carbonyl (C=O) groups is 2. The summed E-state index contributed by atoms with van der Waals surface area (Å²) in [6, 6.07) is 8.03. The van der Waals surface area contributed by atoms with Crippen molar-refractivity contribution in [3.63, 3.8) is 0 Å². The molecule has 1 unspecified atom stereocenters. The Bertz CT molecular complexity index is 447. The third-order valence-electron chi connectivity index (χ3n) is 3.32. The van der Waals surface area contributed by atoms with E-state index in [1.54, 1.807) is 12.1 Å². The van der Waals surface area contributed by atoms with Gasteiger partial charge in [-0.05, 0) is 25.0 Å². The molecule has 1 atom stereocenters.